The zero-order chi connectivity index (χ0) is 22.9. The Morgan fingerprint density at radius 2 is 1.55 bits per heavy atom. The molecule has 0 aliphatic carbocycles. The minimum atomic E-state index is -0.311. The number of benzene rings is 2. The van der Waals surface area contributed by atoms with Crippen LogP contribution in [0.1, 0.15) is 17.5 Å². The summed E-state index contributed by atoms with van der Waals surface area (Å²) in [4.78, 5) is 37.4. The fourth-order valence-electron chi connectivity index (χ4n) is 3.83. The van der Waals surface area contributed by atoms with Crippen LogP contribution in [0, 0.1) is 0 Å². The molecular formula is C25H28N6O2. The molecule has 1 fully saturated rings. The maximum Gasteiger partial charge on any atom is 0.319 e. The highest BCUT2D eigenvalue weighted by Crippen LogP contribution is 2.19. The van der Waals surface area contributed by atoms with Gasteiger partial charge in [-0.15, -0.1) is 0 Å². The predicted molar refractivity (Wildman–Crippen MR) is 128 cm³/mol. The molecule has 1 aliphatic rings. The number of carbonyl (C=O) groups excluding carboxylic acids is 2. The molecule has 3 aromatic rings. The maximum absolute atomic E-state index is 12.5. The number of hydrogen-bond acceptors (Lipinski definition) is 5. The van der Waals surface area contributed by atoms with Crippen molar-refractivity contribution in [3.63, 3.8) is 0 Å². The number of piperazine rings is 1. The molecule has 0 radical (unpaired) electrons. The highest BCUT2D eigenvalue weighted by molar-refractivity contribution is 5.90. The summed E-state index contributed by atoms with van der Waals surface area (Å²) in [6.45, 7) is 2.92. The van der Waals surface area contributed by atoms with Crippen molar-refractivity contribution >= 4 is 23.6 Å². The van der Waals surface area contributed by atoms with Gasteiger partial charge in [0.05, 0.1) is 0 Å². The molecule has 3 amide bonds. The van der Waals surface area contributed by atoms with E-state index in [-0.39, 0.29) is 24.9 Å². The first-order chi connectivity index (χ1) is 16.2. The van der Waals surface area contributed by atoms with E-state index in [9.17, 15) is 9.59 Å². The van der Waals surface area contributed by atoms with E-state index < -0.39 is 0 Å². The van der Waals surface area contributed by atoms with E-state index in [2.05, 4.69) is 37.6 Å². The van der Waals surface area contributed by atoms with E-state index in [4.69, 9.17) is 0 Å². The van der Waals surface area contributed by atoms with Gasteiger partial charge >= 0.3 is 6.03 Å². The second-order valence-electron chi connectivity index (χ2n) is 7.87. The van der Waals surface area contributed by atoms with Gasteiger partial charge in [-0.05, 0) is 29.7 Å². The van der Waals surface area contributed by atoms with Crippen molar-refractivity contribution in [2.75, 3.05) is 42.9 Å². The highest BCUT2D eigenvalue weighted by atomic mass is 16.2. The number of nitrogens with one attached hydrogen (secondary N) is 2. The largest absolute Gasteiger partial charge is 0.339 e. The molecule has 1 saturated heterocycles. The van der Waals surface area contributed by atoms with E-state index in [1.807, 2.05) is 47.4 Å². The molecule has 0 spiro atoms. The minimum Gasteiger partial charge on any atom is -0.339 e. The van der Waals surface area contributed by atoms with Crippen molar-refractivity contribution in [1.29, 1.82) is 0 Å². The van der Waals surface area contributed by atoms with Gasteiger partial charge in [-0.1, -0.05) is 48.5 Å². The topological polar surface area (TPSA) is 90.5 Å². The Morgan fingerprint density at radius 1 is 0.848 bits per heavy atom. The molecule has 0 bridgehead atoms. The van der Waals surface area contributed by atoms with Gasteiger partial charge < -0.3 is 20.4 Å². The van der Waals surface area contributed by atoms with Crippen LogP contribution >= 0.6 is 0 Å². The fourth-order valence-corrected chi connectivity index (χ4v) is 3.83. The third-order valence-corrected chi connectivity index (χ3v) is 5.59. The molecule has 33 heavy (non-hydrogen) atoms. The Morgan fingerprint density at radius 3 is 2.30 bits per heavy atom. The first-order valence-electron chi connectivity index (χ1n) is 11.2. The van der Waals surface area contributed by atoms with Crippen molar-refractivity contribution in [3.8, 4) is 0 Å². The number of para-hydroxylation sites is 1. The first-order valence-corrected chi connectivity index (χ1v) is 11.2. The summed E-state index contributed by atoms with van der Waals surface area (Å²) < 4.78 is 0. The van der Waals surface area contributed by atoms with Crippen LogP contribution in [0.2, 0.25) is 0 Å². The third-order valence-electron chi connectivity index (χ3n) is 5.59. The lowest BCUT2D eigenvalue weighted by Crippen LogP contribution is -2.49. The van der Waals surface area contributed by atoms with Crippen LogP contribution in [0.3, 0.4) is 0 Å². The van der Waals surface area contributed by atoms with Crippen LogP contribution in [0.5, 0.6) is 0 Å². The van der Waals surface area contributed by atoms with Gasteiger partial charge in [0.2, 0.25) is 11.9 Å². The summed E-state index contributed by atoms with van der Waals surface area (Å²) in [5.74, 6) is 0.726. The number of hydrogen-bond donors (Lipinski definition) is 2. The van der Waals surface area contributed by atoms with Gasteiger partial charge in [0.25, 0.3) is 0 Å². The van der Waals surface area contributed by atoms with E-state index in [0.29, 0.717) is 32.1 Å². The van der Waals surface area contributed by atoms with Crippen molar-refractivity contribution in [2.45, 2.75) is 12.8 Å². The van der Waals surface area contributed by atoms with Crippen LogP contribution in [0.25, 0.3) is 0 Å². The molecule has 8 heteroatoms. The second-order valence-corrected chi connectivity index (χ2v) is 7.87. The predicted octanol–water partition coefficient (Wildman–Crippen LogP) is 2.93. The van der Waals surface area contributed by atoms with Crippen molar-refractivity contribution in [1.82, 2.24) is 20.2 Å². The van der Waals surface area contributed by atoms with Crippen molar-refractivity contribution in [3.05, 3.63) is 84.2 Å². The third kappa shape index (κ3) is 6.29. The maximum atomic E-state index is 12.5. The van der Waals surface area contributed by atoms with Gasteiger partial charge in [0, 0.05) is 57.2 Å². The summed E-state index contributed by atoms with van der Waals surface area (Å²) in [6, 6.07) is 19.4. The van der Waals surface area contributed by atoms with Crippen LogP contribution in [-0.4, -0.2) is 59.5 Å². The minimum absolute atomic E-state index is 0.0356. The normalized spacial score (nSPS) is 13.5. The molecule has 0 saturated carbocycles. The van der Waals surface area contributed by atoms with Gasteiger partial charge in [-0.2, -0.15) is 0 Å². The average Bonchev–Trinajstić information content (AvgIpc) is 2.86. The summed E-state index contributed by atoms with van der Waals surface area (Å²) >= 11 is 0. The number of rotatable bonds is 7. The first kappa shape index (κ1) is 22.3. The lowest BCUT2D eigenvalue weighted by atomic mass is 10.0. The average molecular weight is 445 g/mol. The Labute approximate surface area is 193 Å². The second kappa shape index (κ2) is 11.1. The summed E-state index contributed by atoms with van der Waals surface area (Å²) in [7, 11) is 0. The zero-order valence-corrected chi connectivity index (χ0v) is 18.5. The molecule has 4 rings (SSSR count). The number of carbonyl (C=O) groups is 2. The molecule has 0 atom stereocenters. The van der Waals surface area contributed by atoms with E-state index in [1.165, 1.54) is 5.56 Å². The molecule has 8 nitrogen and oxygen atoms in total. The lowest BCUT2D eigenvalue weighted by Gasteiger charge is -2.34. The van der Waals surface area contributed by atoms with Gasteiger partial charge in [0.15, 0.2) is 0 Å². The smallest absolute Gasteiger partial charge is 0.319 e. The van der Waals surface area contributed by atoms with E-state index in [0.717, 1.165) is 17.7 Å². The molecule has 1 aromatic heterocycles. The van der Waals surface area contributed by atoms with E-state index in [1.54, 1.807) is 18.5 Å². The number of amides is 3. The molecule has 2 heterocycles. The fraction of sp³-hybridized carbons (Fsp3) is 0.280. The standard InChI is InChI=1S/C25H28N6O2/c32-23(30-15-17-31(18-16-30)24-26-12-6-13-27-24)11-14-28-25(33)29-22-10-5-4-9-21(22)19-20-7-2-1-3-8-20/h1-10,12-13H,11,14-19H2,(H2,28,29,33). The van der Waals surface area contributed by atoms with E-state index >= 15 is 0 Å². The number of urea groups is 1. The van der Waals surface area contributed by atoms with Crippen molar-refractivity contribution in [2.24, 2.45) is 0 Å². The van der Waals surface area contributed by atoms with Gasteiger partial charge in [-0.3, -0.25) is 4.79 Å². The Hall–Kier alpha value is -3.94. The Bertz CT molecular complexity index is 1050. The monoisotopic (exact) mass is 444 g/mol. The molecule has 0 unspecified atom stereocenters. The summed E-state index contributed by atoms with van der Waals surface area (Å²) in [5, 5.41) is 5.71. The van der Waals surface area contributed by atoms with Crippen LogP contribution < -0.4 is 15.5 Å². The summed E-state index contributed by atoms with van der Waals surface area (Å²) in [5.41, 5.74) is 2.98. The van der Waals surface area contributed by atoms with Crippen LogP contribution in [0.15, 0.2) is 73.1 Å². The molecule has 2 aromatic carbocycles. The van der Waals surface area contributed by atoms with Gasteiger partial charge in [-0.25, -0.2) is 14.8 Å². The SMILES string of the molecule is O=C(NCCC(=O)N1CCN(c2ncccn2)CC1)Nc1ccccc1Cc1ccccc1. The molecule has 1 aliphatic heterocycles. The van der Waals surface area contributed by atoms with Crippen LogP contribution in [-0.2, 0) is 11.2 Å². The Balaban J connectivity index is 1.21. The zero-order valence-electron chi connectivity index (χ0n) is 18.5. The molecular weight excluding hydrogens is 416 g/mol. The highest BCUT2D eigenvalue weighted by Gasteiger charge is 2.22. The Kier molecular flexibility index (Phi) is 7.48. The number of nitrogens with zero attached hydrogens (tertiary/aromatic N) is 4. The quantitative estimate of drug-likeness (QED) is 0.585. The lowest BCUT2D eigenvalue weighted by molar-refractivity contribution is -0.131. The molecule has 2 N–H and O–H groups in total. The number of aromatic nitrogens is 2. The molecule has 170 valence electrons. The van der Waals surface area contributed by atoms with Gasteiger partial charge in [0.1, 0.15) is 0 Å². The van der Waals surface area contributed by atoms with Crippen molar-refractivity contribution < 1.29 is 9.59 Å². The van der Waals surface area contributed by atoms with Crippen LogP contribution in [0.4, 0.5) is 16.4 Å². The summed E-state index contributed by atoms with van der Waals surface area (Å²) in [6.07, 6.45) is 4.43. The number of anilines is 2.